The molecule has 0 amide bonds. The van der Waals surface area contributed by atoms with Gasteiger partial charge in [0, 0.05) is 18.9 Å². The molecule has 0 unspecified atom stereocenters. The summed E-state index contributed by atoms with van der Waals surface area (Å²) in [5.41, 5.74) is 1.16. The Kier molecular flexibility index (Phi) is 2.06. The molecule has 6 nitrogen and oxygen atoms in total. The van der Waals surface area contributed by atoms with Crippen LogP contribution in [0, 0.1) is 11.8 Å². The predicted molar refractivity (Wildman–Crippen MR) is 48.4 cm³/mol. The maximum atomic E-state index is 13.9. The van der Waals surface area contributed by atoms with Gasteiger partial charge in [-0.1, -0.05) is 0 Å². The largest absolute Gasteiger partial charge is 0.480 e. The summed E-state index contributed by atoms with van der Waals surface area (Å²) in [5, 5.41) is 17.7. The number of carboxylic acids is 2. The minimum Gasteiger partial charge on any atom is -0.480 e. The first-order chi connectivity index (χ1) is 7.31. The Morgan fingerprint density at radius 1 is 1.44 bits per heavy atom. The molecular weight excluding hydrogens is 221 g/mol. The molecule has 7 heteroatoms. The van der Waals surface area contributed by atoms with Crippen molar-refractivity contribution >= 4 is 11.9 Å². The van der Waals surface area contributed by atoms with Crippen LogP contribution < -0.4 is 5.73 Å². The molecule has 0 heterocycles. The molecule has 0 aromatic rings. The number of nitrogens with two attached hydrogens (primary N) is 1. The van der Waals surface area contributed by atoms with Gasteiger partial charge in [-0.25, -0.2) is 9.18 Å². The highest BCUT2D eigenvalue weighted by Crippen LogP contribution is 2.66. The van der Waals surface area contributed by atoms with E-state index >= 15 is 0 Å². The molecule has 90 valence electrons. The lowest BCUT2D eigenvalue weighted by molar-refractivity contribution is -0.154. The Balaban J connectivity index is 2.36. The van der Waals surface area contributed by atoms with E-state index in [1.807, 2.05) is 0 Å². The van der Waals surface area contributed by atoms with Crippen molar-refractivity contribution in [2.45, 2.75) is 23.7 Å². The number of hydrogen-bond acceptors (Lipinski definition) is 4. The summed E-state index contributed by atoms with van der Waals surface area (Å²) in [6, 6.07) is 0. The fourth-order valence-corrected chi connectivity index (χ4v) is 2.89. The van der Waals surface area contributed by atoms with E-state index in [0.29, 0.717) is 0 Å². The lowest BCUT2D eigenvalue weighted by Gasteiger charge is -2.30. The molecule has 2 aliphatic carbocycles. The van der Waals surface area contributed by atoms with Crippen LogP contribution in [0.25, 0.3) is 0 Å². The Labute approximate surface area is 90.2 Å². The van der Waals surface area contributed by atoms with Crippen LogP contribution in [0.3, 0.4) is 0 Å². The Morgan fingerprint density at radius 2 is 2.00 bits per heavy atom. The molecule has 0 aromatic heterocycles. The molecule has 5 atom stereocenters. The van der Waals surface area contributed by atoms with Crippen LogP contribution in [0.15, 0.2) is 0 Å². The van der Waals surface area contributed by atoms with Gasteiger partial charge in [0.05, 0.1) is 6.10 Å². The van der Waals surface area contributed by atoms with E-state index in [0.717, 1.165) is 0 Å². The van der Waals surface area contributed by atoms with Crippen molar-refractivity contribution in [1.82, 2.24) is 0 Å². The molecule has 2 fully saturated rings. The third-order valence-corrected chi connectivity index (χ3v) is 3.78. The number of halogens is 1. The van der Waals surface area contributed by atoms with Crippen LogP contribution in [0.4, 0.5) is 4.39 Å². The summed E-state index contributed by atoms with van der Waals surface area (Å²) in [6.45, 7) is 0. The number of ether oxygens (including phenoxy) is 1. The Bertz CT molecular complexity index is 375. The second-order valence-electron chi connectivity index (χ2n) is 4.36. The van der Waals surface area contributed by atoms with Gasteiger partial charge < -0.3 is 20.7 Å². The monoisotopic (exact) mass is 233 g/mol. The average Bonchev–Trinajstić information content (AvgIpc) is 2.65. The fourth-order valence-electron chi connectivity index (χ4n) is 2.89. The minimum atomic E-state index is -2.51. The standard InChI is InChI=1S/C9H12FNO5/c1-16-4-2-3-5(8(3,10)6(12)13)9(4,11)7(14)15/h3-5H,2,11H2,1H3,(H,12,13)(H,14,15)/t3-,4-,5+,8-,9+/m1/s1. The minimum absolute atomic E-state index is 0.0206. The molecule has 0 radical (unpaired) electrons. The van der Waals surface area contributed by atoms with Gasteiger partial charge in [0.2, 0.25) is 5.67 Å². The van der Waals surface area contributed by atoms with E-state index in [2.05, 4.69) is 0 Å². The predicted octanol–water partition coefficient (Wildman–Crippen LogP) is -0.774. The quantitative estimate of drug-likeness (QED) is 0.590. The second-order valence-corrected chi connectivity index (χ2v) is 4.36. The van der Waals surface area contributed by atoms with Crippen molar-refractivity contribution in [1.29, 1.82) is 0 Å². The normalized spacial score (nSPS) is 49.8. The summed E-state index contributed by atoms with van der Waals surface area (Å²) in [4.78, 5) is 21.8. The van der Waals surface area contributed by atoms with E-state index in [4.69, 9.17) is 20.7 Å². The van der Waals surface area contributed by atoms with Crippen molar-refractivity contribution in [3.63, 3.8) is 0 Å². The van der Waals surface area contributed by atoms with Crippen molar-refractivity contribution < 1.29 is 28.9 Å². The zero-order chi connectivity index (χ0) is 12.3. The average molecular weight is 233 g/mol. The summed E-state index contributed by atoms with van der Waals surface area (Å²) in [6.07, 6.45) is -0.824. The van der Waals surface area contributed by atoms with E-state index in [9.17, 15) is 14.0 Å². The van der Waals surface area contributed by atoms with Crippen molar-refractivity contribution in [2.75, 3.05) is 7.11 Å². The van der Waals surface area contributed by atoms with E-state index in [1.165, 1.54) is 7.11 Å². The summed E-state index contributed by atoms with van der Waals surface area (Å²) >= 11 is 0. The lowest BCUT2D eigenvalue weighted by Crippen LogP contribution is -2.60. The van der Waals surface area contributed by atoms with E-state index < -0.39 is 41.1 Å². The number of rotatable bonds is 3. The molecule has 0 bridgehead atoms. The zero-order valence-corrected chi connectivity index (χ0v) is 8.51. The first-order valence-electron chi connectivity index (χ1n) is 4.78. The van der Waals surface area contributed by atoms with Gasteiger partial charge >= 0.3 is 11.9 Å². The van der Waals surface area contributed by atoms with Crippen LogP contribution in [0.2, 0.25) is 0 Å². The molecule has 0 aliphatic heterocycles. The van der Waals surface area contributed by atoms with Gasteiger partial charge in [-0.2, -0.15) is 0 Å². The topological polar surface area (TPSA) is 110 Å². The molecule has 2 rings (SSSR count). The van der Waals surface area contributed by atoms with Gasteiger partial charge in [-0.05, 0) is 6.42 Å². The third kappa shape index (κ3) is 0.971. The highest BCUT2D eigenvalue weighted by Gasteiger charge is 2.85. The number of aliphatic carboxylic acids is 2. The van der Waals surface area contributed by atoms with Gasteiger partial charge in [-0.3, -0.25) is 4.79 Å². The van der Waals surface area contributed by atoms with Gasteiger partial charge in [-0.15, -0.1) is 0 Å². The summed E-state index contributed by atoms with van der Waals surface area (Å²) in [7, 11) is 1.28. The number of fused-ring (bicyclic) bond motifs is 1. The molecule has 0 spiro atoms. The molecule has 0 saturated heterocycles. The van der Waals surface area contributed by atoms with Crippen molar-refractivity contribution in [2.24, 2.45) is 17.6 Å². The van der Waals surface area contributed by atoms with Gasteiger partial charge in [0.25, 0.3) is 0 Å². The highest BCUT2D eigenvalue weighted by atomic mass is 19.1. The van der Waals surface area contributed by atoms with Crippen molar-refractivity contribution in [3.05, 3.63) is 0 Å². The van der Waals surface area contributed by atoms with Crippen LogP contribution in [-0.4, -0.2) is 46.6 Å². The van der Waals surface area contributed by atoms with Gasteiger partial charge in [0.1, 0.15) is 5.54 Å². The van der Waals surface area contributed by atoms with Crippen LogP contribution >= 0.6 is 0 Å². The molecule has 16 heavy (non-hydrogen) atoms. The summed E-state index contributed by atoms with van der Waals surface area (Å²) < 4.78 is 18.8. The Hall–Kier alpha value is -1.21. The molecule has 0 aromatic carbocycles. The first-order valence-corrected chi connectivity index (χ1v) is 4.78. The Morgan fingerprint density at radius 3 is 2.38 bits per heavy atom. The smallest absolute Gasteiger partial charge is 0.342 e. The lowest BCUT2D eigenvalue weighted by atomic mass is 9.88. The number of alkyl halides is 1. The number of hydrogen-bond donors (Lipinski definition) is 3. The zero-order valence-electron chi connectivity index (χ0n) is 8.51. The molecular formula is C9H12FNO5. The van der Waals surface area contributed by atoms with Crippen molar-refractivity contribution in [3.8, 4) is 0 Å². The van der Waals surface area contributed by atoms with E-state index in [-0.39, 0.29) is 6.42 Å². The van der Waals surface area contributed by atoms with Gasteiger partial charge in [0.15, 0.2) is 0 Å². The maximum Gasteiger partial charge on any atom is 0.342 e. The fraction of sp³-hybridized carbons (Fsp3) is 0.778. The molecule has 2 saturated carbocycles. The van der Waals surface area contributed by atoms with E-state index in [1.54, 1.807) is 0 Å². The number of carbonyl (C=O) groups is 2. The van der Waals surface area contributed by atoms with Crippen LogP contribution in [0.1, 0.15) is 6.42 Å². The second kappa shape index (κ2) is 2.92. The van der Waals surface area contributed by atoms with Crippen LogP contribution in [0.5, 0.6) is 0 Å². The van der Waals surface area contributed by atoms with Crippen LogP contribution in [-0.2, 0) is 14.3 Å². The highest BCUT2D eigenvalue weighted by molar-refractivity contribution is 5.90. The maximum absolute atomic E-state index is 13.9. The number of methoxy groups -OCH3 is 1. The first kappa shape index (κ1) is 11.3. The number of carboxylic acid groups (broad SMARTS) is 2. The third-order valence-electron chi connectivity index (χ3n) is 3.78. The molecule has 4 N–H and O–H groups in total. The summed E-state index contributed by atoms with van der Waals surface area (Å²) in [5.74, 6) is -5.14. The SMILES string of the molecule is CO[C@@H]1C[C@@H]2[C@H]([C@]1(N)C(=O)O)[C@@]2(F)C(=O)O. The molecule has 2 aliphatic rings.